The van der Waals surface area contributed by atoms with Gasteiger partial charge < -0.3 is 19.3 Å². The van der Waals surface area contributed by atoms with E-state index in [1.165, 1.54) is 0 Å². The van der Waals surface area contributed by atoms with Gasteiger partial charge in [-0.2, -0.15) is 0 Å². The molecule has 4 nitrogen and oxygen atoms in total. The first kappa shape index (κ1) is 7.49. The Hall–Kier alpha value is -0.160. The summed E-state index contributed by atoms with van der Waals surface area (Å²) in [6.45, 7) is 0.813. The second-order valence-corrected chi connectivity index (χ2v) is 2.89. The van der Waals surface area contributed by atoms with Crippen LogP contribution in [0.2, 0.25) is 0 Å². The SMILES string of the molecule is COC(CO)C1OC1C1CO1. The quantitative estimate of drug-likeness (QED) is 0.545. The molecule has 2 fully saturated rings. The number of epoxide rings is 2. The Labute approximate surface area is 65.1 Å². The van der Waals surface area contributed by atoms with Gasteiger partial charge in [0.1, 0.15) is 24.4 Å². The number of rotatable bonds is 4. The van der Waals surface area contributed by atoms with Gasteiger partial charge in [-0.1, -0.05) is 0 Å². The Morgan fingerprint density at radius 3 is 2.91 bits per heavy atom. The molecular weight excluding hydrogens is 148 g/mol. The molecule has 0 radical (unpaired) electrons. The standard InChI is InChI=1S/C7H12O4/c1-9-4(2-8)6-7(11-6)5-3-10-5/h4-8H,2-3H2,1H3. The van der Waals surface area contributed by atoms with Crippen LogP contribution < -0.4 is 0 Å². The fraction of sp³-hybridized carbons (Fsp3) is 1.00. The summed E-state index contributed by atoms with van der Waals surface area (Å²) in [5.41, 5.74) is 0. The first-order chi connectivity index (χ1) is 5.36. The van der Waals surface area contributed by atoms with Crippen LogP contribution in [0.15, 0.2) is 0 Å². The van der Waals surface area contributed by atoms with Crippen molar-refractivity contribution in [1.29, 1.82) is 0 Å². The molecule has 4 atom stereocenters. The van der Waals surface area contributed by atoms with E-state index in [2.05, 4.69) is 0 Å². The molecule has 0 aromatic rings. The van der Waals surface area contributed by atoms with Gasteiger partial charge in [-0.25, -0.2) is 0 Å². The van der Waals surface area contributed by atoms with E-state index in [1.54, 1.807) is 7.11 Å². The molecule has 4 unspecified atom stereocenters. The summed E-state index contributed by atoms with van der Waals surface area (Å²) in [7, 11) is 1.58. The first-order valence-electron chi connectivity index (χ1n) is 3.77. The molecule has 0 saturated carbocycles. The number of ether oxygens (including phenoxy) is 3. The molecule has 2 aliphatic heterocycles. The minimum absolute atomic E-state index is 0.0182. The fourth-order valence-corrected chi connectivity index (χ4v) is 1.29. The van der Waals surface area contributed by atoms with Gasteiger partial charge in [-0.15, -0.1) is 0 Å². The van der Waals surface area contributed by atoms with Crippen LogP contribution in [-0.4, -0.2) is 49.8 Å². The molecule has 1 N–H and O–H groups in total. The Balaban J connectivity index is 1.78. The van der Waals surface area contributed by atoms with E-state index >= 15 is 0 Å². The van der Waals surface area contributed by atoms with Crippen molar-refractivity contribution in [3.8, 4) is 0 Å². The lowest BCUT2D eigenvalue weighted by Crippen LogP contribution is -2.25. The molecule has 64 valence electrons. The molecule has 0 amide bonds. The summed E-state index contributed by atoms with van der Waals surface area (Å²) < 4.78 is 15.3. The highest BCUT2D eigenvalue weighted by Gasteiger charge is 2.54. The average Bonchev–Trinajstić information content (AvgIpc) is 2.84. The third-order valence-electron chi connectivity index (χ3n) is 2.14. The molecule has 11 heavy (non-hydrogen) atoms. The minimum Gasteiger partial charge on any atom is -0.394 e. The van der Waals surface area contributed by atoms with E-state index in [0.717, 1.165) is 6.61 Å². The zero-order valence-corrected chi connectivity index (χ0v) is 6.40. The van der Waals surface area contributed by atoms with E-state index in [9.17, 15) is 0 Å². The first-order valence-corrected chi connectivity index (χ1v) is 3.77. The van der Waals surface area contributed by atoms with Crippen LogP contribution >= 0.6 is 0 Å². The smallest absolute Gasteiger partial charge is 0.115 e. The van der Waals surface area contributed by atoms with Crippen molar-refractivity contribution in [2.24, 2.45) is 0 Å². The second kappa shape index (κ2) is 2.71. The van der Waals surface area contributed by atoms with Crippen molar-refractivity contribution >= 4 is 0 Å². The maximum Gasteiger partial charge on any atom is 0.115 e. The van der Waals surface area contributed by atoms with Gasteiger partial charge in [0.25, 0.3) is 0 Å². The largest absolute Gasteiger partial charge is 0.394 e. The summed E-state index contributed by atoms with van der Waals surface area (Å²) in [6, 6.07) is 0. The highest BCUT2D eigenvalue weighted by atomic mass is 16.7. The molecule has 2 heterocycles. The van der Waals surface area contributed by atoms with Crippen LogP contribution in [0.4, 0.5) is 0 Å². The van der Waals surface area contributed by atoms with Gasteiger partial charge in [-0.05, 0) is 0 Å². The van der Waals surface area contributed by atoms with E-state index < -0.39 is 0 Å². The molecule has 0 aromatic carbocycles. The Kier molecular flexibility index (Phi) is 1.85. The van der Waals surface area contributed by atoms with E-state index in [-0.39, 0.29) is 31.0 Å². The van der Waals surface area contributed by atoms with Gasteiger partial charge in [0.2, 0.25) is 0 Å². The maximum atomic E-state index is 8.81. The Bertz CT molecular complexity index is 141. The number of aliphatic hydroxyl groups excluding tert-OH is 1. The van der Waals surface area contributed by atoms with Crippen LogP contribution in [0.25, 0.3) is 0 Å². The van der Waals surface area contributed by atoms with Crippen LogP contribution in [-0.2, 0) is 14.2 Å². The van der Waals surface area contributed by atoms with Crippen LogP contribution in [0, 0.1) is 0 Å². The van der Waals surface area contributed by atoms with Gasteiger partial charge in [0.15, 0.2) is 0 Å². The third kappa shape index (κ3) is 1.39. The molecule has 2 rings (SSSR count). The van der Waals surface area contributed by atoms with E-state index in [4.69, 9.17) is 19.3 Å². The lowest BCUT2D eigenvalue weighted by molar-refractivity contribution is 0.0292. The second-order valence-electron chi connectivity index (χ2n) is 2.89. The summed E-state index contributed by atoms with van der Waals surface area (Å²) in [4.78, 5) is 0. The molecule has 4 heteroatoms. The van der Waals surface area contributed by atoms with Crippen molar-refractivity contribution in [2.45, 2.75) is 24.4 Å². The summed E-state index contributed by atoms with van der Waals surface area (Å²) in [6.07, 6.45) is 0.318. The van der Waals surface area contributed by atoms with Crippen molar-refractivity contribution in [2.75, 3.05) is 20.3 Å². The van der Waals surface area contributed by atoms with E-state index in [0.29, 0.717) is 0 Å². The monoisotopic (exact) mass is 160 g/mol. The topological polar surface area (TPSA) is 54.5 Å². The van der Waals surface area contributed by atoms with Crippen LogP contribution in [0.3, 0.4) is 0 Å². The Morgan fingerprint density at radius 1 is 1.73 bits per heavy atom. The Morgan fingerprint density at radius 2 is 2.45 bits per heavy atom. The number of hydrogen-bond donors (Lipinski definition) is 1. The van der Waals surface area contributed by atoms with Gasteiger partial charge in [0, 0.05) is 7.11 Å². The number of hydrogen-bond acceptors (Lipinski definition) is 4. The highest BCUT2D eigenvalue weighted by Crippen LogP contribution is 2.36. The normalized spacial score (nSPS) is 43.6. The van der Waals surface area contributed by atoms with Crippen molar-refractivity contribution < 1.29 is 19.3 Å². The van der Waals surface area contributed by atoms with Gasteiger partial charge in [-0.3, -0.25) is 0 Å². The summed E-state index contributed by atoms with van der Waals surface area (Å²) in [5, 5.41) is 8.81. The maximum absolute atomic E-state index is 8.81. The predicted molar refractivity (Wildman–Crippen MR) is 36.3 cm³/mol. The molecule has 0 aromatic heterocycles. The molecule has 2 saturated heterocycles. The molecular formula is C7H12O4. The van der Waals surface area contributed by atoms with Gasteiger partial charge in [0.05, 0.1) is 13.2 Å². The molecule has 2 aliphatic rings. The molecule has 0 spiro atoms. The zero-order valence-electron chi connectivity index (χ0n) is 6.40. The van der Waals surface area contributed by atoms with E-state index in [1.807, 2.05) is 0 Å². The number of methoxy groups -OCH3 is 1. The lowest BCUT2D eigenvalue weighted by Gasteiger charge is -2.07. The molecule has 0 bridgehead atoms. The third-order valence-corrected chi connectivity index (χ3v) is 2.14. The van der Waals surface area contributed by atoms with Crippen LogP contribution in [0.1, 0.15) is 0 Å². The van der Waals surface area contributed by atoms with Crippen molar-refractivity contribution in [1.82, 2.24) is 0 Å². The lowest BCUT2D eigenvalue weighted by atomic mass is 10.2. The number of aliphatic hydroxyl groups is 1. The average molecular weight is 160 g/mol. The summed E-state index contributed by atoms with van der Waals surface area (Å²) in [5.74, 6) is 0. The van der Waals surface area contributed by atoms with Crippen molar-refractivity contribution in [3.63, 3.8) is 0 Å². The predicted octanol–water partition coefficient (Wildman–Crippen LogP) is -0.840. The zero-order chi connectivity index (χ0) is 7.84. The molecule has 0 aliphatic carbocycles. The highest BCUT2D eigenvalue weighted by molar-refractivity contribution is 5.00. The fourth-order valence-electron chi connectivity index (χ4n) is 1.29. The van der Waals surface area contributed by atoms with Crippen LogP contribution in [0.5, 0.6) is 0 Å². The minimum atomic E-state index is -0.177. The van der Waals surface area contributed by atoms with Crippen molar-refractivity contribution in [3.05, 3.63) is 0 Å². The summed E-state index contributed by atoms with van der Waals surface area (Å²) >= 11 is 0. The van der Waals surface area contributed by atoms with Gasteiger partial charge >= 0.3 is 0 Å².